The van der Waals surface area contributed by atoms with Crippen LogP contribution in [0.5, 0.6) is 0 Å². The van der Waals surface area contributed by atoms with Gasteiger partial charge in [0, 0.05) is 11.9 Å². The number of imide groups is 1. The number of aryl methyl sites for hydroxylation is 1. The van der Waals surface area contributed by atoms with Crippen LogP contribution in [0.3, 0.4) is 0 Å². The molecule has 0 bridgehead atoms. The molecule has 2 heterocycles. The lowest BCUT2D eigenvalue weighted by Crippen LogP contribution is -2.47. The van der Waals surface area contributed by atoms with Gasteiger partial charge in [0.15, 0.2) is 0 Å². The lowest BCUT2D eigenvalue weighted by molar-refractivity contribution is -0.131. The van der Waals surface area contributed by atoms with Crippen molar-refractivity contribution in [3.8, 4) is 0 Å². The predicted octanol–water partition coefficient (Wildman–Crippen LogP) is 0.918. The van der Waals surface area contributed by atoms with Gasteiger partial charge in [-0.15, -0.1) is 11.3 Å². The lowest BCUT2D eigenvalue weighted by atomic mass is 9.87. The minimum atomic E-state index is -0.622. The summed E-state index contributed by atoms with van der Waals surface area (Å²) >= 11 is 1.45. The number of carbonyl (C=O) groups is 4. The van der Waals surface area contributed by atoms with E-state index in [1.807, 2.05) is 6.07 Å². The maximum absolute atomic E-state index is 12.3. The van der Waals surface area contributed by atoms with Crippen LogP contribution in [-0.4, -0.2) is 53.7 Å². The molecule has 0 unspecified atom stereocenters. The zero-order valence-corrected chi connectivity index (χ0v) is 15.6. The van der Waals surface area contributed by atoms with Crippen molar-refractivity contribution in [1.82, 2.24) is 20.7 Å². The summed E-state index contributed by atoms with van der Waals surface area (Å²) in [7, 11) is 1.49. The van der Waals surface area contributed by atoms with Gasteiger partial charge in [-0.3, -0.25) is 30.1 Å². The quantitative estimate of drug-likeness (QED) is 0.601. The Morgan fingerprint density at radius 1 is 1.31 bits per heavy atom. The molecule has 0 radical (unpaired) electrons. The molecule has 1 aromatic rings. The molecule has 9 heteroatoms. The molecule has 1 aliphatic carbocycles. The molecule has 8 nitrogen and oxygen atoms in total. The number of amides is 5. The Bertz CT molecular complexity index is 760. The number of carbonyl (C=O) groups excluding carboxylic acids is 4. The van der Waals surface area contributed by atoms with Gasteiger partial charge in [-0.25, -0.2) is 4.79 Å². The normalized spacial score (nSPS) is 19.5. The highest BCUT2D eigenvalue weighted by Gasteiger charge is 2.34. The first-order valence-corrected chi connectivity index (χ1v) is 9.47. The van der Waals surface area contributed by atoms with Crippen molar-refractivity contribution in [3.05, 3.63) is 21.4 Å². The van der Waals surface area contributed by atoms with Crippen molar-refractivity contribution >= 4 is 35.1 Å². The number of rotatable bonds is 4. The van der Waals surface area contributed by atoms with Crippen molar-refractivity contribution in [2.45, 2.75) is 32.6 Å². The first-order valence-electron chi connectivity index (χ1n) is 8.65. The van der Waals surface area contributed by atoms with E-state index < -0.39 is 24.4 Å². The largest absolute Gasteiger partial charge is 0.327 e. The molecule has 0 aromatic carbocycles. The monoisotopic (exact) mass is 378 g/mol. The Balaban J connectivity index is 1.53. The van der Waals surface area contributed by atoms with Gasteiger partial charge in [-0.05, 0) is 36.8 Å². The predicted molar refractivity (Wildman–Crippen MR) is 95.5 cm³/mol. The molecule has 0 spiro atoms. The van der Waals surface area contributed by atoms with Gasteiger partial charge >= 0.3 is 6.03 Å². The fourth-order valence-corrected chi connectivity index (χ4v) is 4.36. The SMILES string of the molecule is CC[C@@H]1CCc2sc(C(=O)NNC(=O)CN3C(=O)CN(C)C3=O)cc2C1. The van der Waals surface area contributed by atoms with E-state index in [0.29, 0.717) is 10.8 Å². The van der Waals surface area contributed by atoms with Crippen LogP contribution in [0.2, 0.25) is 0 Å². The summed E-state index contributed by atoms with van der Waals surface area (Å²) in [5.41, 5.74) is 5.85. The first kappa shape index (κ1) is 18.4. The second-order valence-corrected chi connectivity index (χ2v) is 7.83. The molecule has 26 heavy (non-hydrogen) atoms. The third kappa shape index (κ3) is 3.72. The molecule has 140 valence electrons. The van der Waals surface area contributed by atoms with Crippen LogP contribution in [0.1, 0.15) is 39.9 Å². The molecule has 1 aromatic heterocycles. The third-order valence-electron chi connectivity index (χ3n) is 4.83. The molecule has 1 fully saturated rings. The number of urea groups is 1. The van der Waals surface area contributed by atoms with Gasteiger partial charge in [-0.1, -0.05) is 13.3 Å². The lowest BCUT2D eigenvalue weighted by Gasteiger charge is -2.19. The molecular formula is C17H22N4O4S. The van der Waals surface area contributed by atoms with E-state index in [1.54, 1.807) is 0 Å². The number of nitrogens with one attached hydrogen (secondary N) is 2. The third-order valence-corrected chi connectivity index (χ3v) is 6.07. The highest BCUT2D eigenvalue weighted by molar-refractivity contribution is 7.14. The number of hydrogen-bond acceptors (Lipinski definition) is 5. The van der Waals surface area contributed by atoms with E-state index in [2.05, 4.69) is 17.8 Å². The summed E-state index contributed by atoms with van der Waals surface area (Å²) in [5.74, 6) is -0.776. The Hall–Kier alpha value is -2.42. The van der Waals surface area contributed by atoms with Crippen LogP contribution < -0.4 is 10.9 Å². The number of hydrogen-bond donors (Lipinski definition) is 2. The molecule has 2 N–H and O–H groups in total. The second-order valence-electron chi connectivity index (χ2n) is 6.70. The van der Waals surface area contributed by atoms with E-state index in [9.17, 15) is 19.2 Å². The average Bonchev–Trinajstić information content (AvgIpc) is 3.15. The van der Waals surface area contributed by atoms with Crippen LogP contribution in [-0.2, 0) is 22.4 Å². The minimum absolute atomic E-state index is 0.0437. The van der Waals surface area contributed by atoms with Gasteiger partial charge in [0.25, 0.3) is 17.7 Å². The van der Waals surface area contributed by atoms with Gasteiger partial charge in [0.05, 0.1) is 4.88 Å². The van der Waals surface area contributed by atoms with E-state index in [-0.39, 0.29) is 12.5 Å². The smallest absolute Gasteiger partial charge is 0.318 e. The van der Waals surface area contributed by atoms with E-state index >= 15 is 0 Å². The molecule has 1 aliphatic heterocycles. The maximum Gasteiger partial charge on any atom is 0.327 e. The summed E-state index contributed by atoms with van der Waals surface area (Å²) < 4.78 is 0. The van der Waals surface area contributed by atoms with Crippen LogP contribution in [0.4, 0.5) is 4.79 Å². The number of nitrogens with zero attached hydrogens (tertiary/aromatic N) is 2. The Labute approximate surface area is 155 Å². The fourth-order valence-electron chi connectivity index (χ4n) is 3.26. The van der Waals surface area contributed by atoms with Gasteiger partial charge < -0.3 is 4.90 Å². The molecular weight excluding hydrogens is 356 g/mol. The Kier molecular flexibility index (Phi) is 5.26. The highest BCUT2D eigenvalue weighted by atomic mass is 32.1. The zero-order valence-electron chi connectivity index (χ0n) is 14.8. The summed E-state index contributed by atoms with van der Waals surface area (Å²) in [4.78, 5) is 51.5. The van der Waals surface area contributed by atoms with Crippen molar-refractivity contribution in [1.29, 1.82) is 0 Å². The van der Waals surface area contributed by atoms with Gasteiger partial charge in [-0.2, -0.15) is 0 Å². The molecule has 0 saturated carbocycles. The topological polar surface area (TPSA) is 98.8 Å². The van der Waals surface area contributed by atoms with Crippen LogP contribution in [0.15, 0.2) is 6.07 Å². The Morgan fingerprint density at radius 2 is 2.08 bits per heavy atom. The highest BCUT2D eigenvalue weighted by Crippen LogP contribution is 2.33. The second kappa shape index (κ2) is 7.45. The van der Waals surface area contributed by atoms with Crippen LogP contribution >= 0.6 is 11.3 Å². The summed E-state index contributed by atoms with van der Waals surface area (Å²) in [5, 5.41) is 0. The minimum Gasteiger partial charge on any atom is -0.318 e. The zero-order chi connectivity index (χ0) is 18.8. The van der Waals surface area contributed by atoms with Crippen molar-refractivity contribution in [2.24, 2.45) is 5.92 Å². The maximum atomic E-state index is 12.3. The first-order chi connectivity index (χ1) is 12.4. The van der Waals surface area contributed by atoms with Crippen LogP contribution in [0.25, 0.3) is 0 Å². The summed E-state index contributed by atoms with van der Waals surface area (Å²) in [6, 6.07) is 1.37. The van der Waals surface area contributed by atoms with Crippen molar-refractivity contribution in [3.63, 3.8) is 0 Å². The average molecular weight is 378 g/mol. The number of fused-ring (bicyclic) bond motifs is 1. The molecule has 1 atom stereocenters. The van der Waals surface area contributed by atoms with Crippen LogP contribution in [0, 0.1) is 5.92 Å². The fraction of sp³-hybridized carbons (Fsp3) is 0.529. The van der Waals surface area contributed by atoms with Crippen molar-refractivity contribution < 1.29 is 19.2 Å². The van der Waals surface area contributed by atoms with E-state index in [1.165, 1.54) is 33.7 Å². The van der Waals surface area contributed by atoms with E-state index in [0.717, 1.165) is 30.6 Å². The molecule has 1 saturated heterocycles. The standard InChI is InChI=1S/C17H22N4O4S/c1-3-10-4-5-12-11(6-10)7-13(26-12)16(24)19-18-14(22)8-21-15(23)9-20(2)17(21)25/h7,10H,3-6,8-9H2,1-2H3,(H,18,22)(H,19,24)/t10-/m1/s1. The number of hydrazine groups is 1. The summed E-state index contributed by atoms with van der Waals surface area (Å²) in [6.45, 7) is 1.72. The number of likely N-dealkylation sites (N-methyl/N-ethyl adjacent to an activating group) is 1. The van der Waals surface area contributed by atoms with Gasteiger partial charge in [0.1, 0.15) is 13.1 Å². The number of thiophene rings is 1. The molecule has 3 rings (SSSR count). The molecule has 2 aliphatic rings. The van der Waals surface area contributed by atoms with E-state index in [4.69, 9.17) is 0 Å². The van der Waals surface area contributed by atoms with Gasteiger partial charge in [0.2, 0.25) is 0 Å². The van der Waals surface area contributed by atoms with Crippen molar-refractivity contribution in [2.75, 3.05) is 20.1 Å². The Morgan fingerprint density at radius 3 is 2.73 bits per heavy atom. The summed E-state index contributed by atoms with van der Waals surface area (Å²) in [6.07, 6.45) is 4.27. The molecule has 5 amide bonds.